The largest absolute Gasteiger partial charge is 0.382 e. The minimum atomic E-state index is -2.95. The molecule has 0 saturated heterocycles. The number of sulfone groups is 1. The van der Waals surface area contributed by atoms with E-state index in [0.29, 0.717) is 13.2 Å². The second-order valence-corrected chi connectivity index (χ2v) is 7.86. The molecule has 0 saturated carbocycles. The van der Waals surface area contributed by atoms with Gasteiger partial charge in [-0.05, 0) is 24.3 Å². The second-order valence-electron chi connectivity index (χ2n) is 4.69. The zero-order valence-corrected chi connectivity index (χ0v) is 14.1. The van der Waals surface area contributed by atoms with Gasteiger partial charge in [0.15, 0.2) is 0 Å². The topological polar surface area (TPSA) is 68.3 Å². The first-order chi connectivity index (χ1) is 9.96. The van der Waals surface area contributed by atoms with Crippen LogP contribution >= 0.6 is 15.9 Å². The van der Waals surface area contributed by atoms with Gasteiger partial charge in [-0.1, -0.05) is 15.9 Å². The molecule has 0 aliphatic heterocycles. The Morgan fingerprint density at radius 3 is 2.86 bits per heavy atom. The molecule has 1 N–H and O–H groups in total. The van der Waals surface area contributed by atoms with E-state index in [1.807, 2.05) is 24.3 Å². The number of rotatable bonds is 7. The number of ether oxygens (including phenoxy) is 1. The predicted octanol–water partition coefficient (Wildman–Crippen LogP) is 2.47. The number of hydrogen-bond donors (Lipinski definition) is 1. The number of aromatic nitrogens is 1. The summed E-state index contributed by atoms with van der Waals surface area (Å²) >= 11 is 3.42. The van der Waals surface area contributed by atoms with Crippen LogP contribution in [0.2, 0.25) is 0 Å². The lowest BCUT2D eigenvalue weighted by Gasteiger charge is -2.10. The van der Waals surface area contributed by atoms with Crippen molar-refractivity contribution in [2.45, 2.75) is 0 Å². The fraction of sp³-hybridized carbons (Fsp3) is 0.357. The van der Waals surface area contributed by atoms with E-state index in [0.717, 1.165) is 21.1 Å². The van der Waals surface area contributed by atoms with Crippen LogP contribution in [0.5, 0.6) is 0 Å². The lowest BCUT2D eigenvalue weighted by molar-refractivity contribution is 0.159. The van der Waals surface area contributed by atoms with Crippen LogP contribution < -0.4 is 5.32 Å². The van der Waals surface area contributed by atoms with Crippen molar-refractivity contribution < 1.29 is 13.2 Å². The monoisotopic (exact) mass is 372 g/mol. The number of nitrogens with one attached hydrogen (secondary N) is 1. The Morgan fingerprint density at radius 1 is 1.29 bits per heavy atom. The van der Waals surface area contributed by atoms with Crippen molar-refractivity contribution in [3.05, 3.63) is 34.9 Å². The van der Waals surface area contributed by atoms with E-state index in [1.165, 1.54) is 6.26 Å². The van der Waals surface area contributed by atoms with Crippen LogP contribution in [0.25, 0.3) is 10.9 Å². The third-order valence-corrected chi connectivity index (χ3v) is 4.27. The summed E-state index contributed by atoms with van der Waals surface area (Å²) in [5.74, 6) is 0.0548. The Bertz CT molecular complexity index is 719. The molecule has 0 bridgehead atoms. The first-order valence-corrected chi connectivity index (χ1v) is 9.35. The standard InChI is InChI=1S/C14H17BrN2O3S/c1-21(18,19)9-8-20-7-6-17-13-4-5-16-14-10-11(15)2-3-12(13)14/h2-5,10H,6-9H2,1H3,(H,16,17). The van der Waals surface area contributed by atoms with E-state index in [2.05, 4.69) is 26.2 Å². The van der Waals surface area contributed by atoms with Crippen LogP contribution in [0.15, 0.2) is 34.9 Å². The van der Waals surface area contributed by atoms with Crippen molar-refractivity contribution >= 4 is 42.4 Å². The summed E-state index contributed by atoms with van der Waals surface area (Å²) in [4.78, 5) is 4.32. The fourth-order valence-corrected chi connectivity index (χ4v) is 2.62. The molecule has 0 aliphatic rings. The highest BCUT2D eigenvalue weighted by Crippen LogP contribution is 2.24. The lowest BCUT2D eigenvalue weighted by atomic mass is 10.2. The summed E-state index contributed by atoms with van der Waals surface area (Å²) < 4.78 is 28.2. The molecule has 1 aromatic heterocycles. The highest BCUT2D eigenvalue weighted by Gasteiger charge is 2.03. The zero-order valence-electron chi connectivity index (χ0n) is 11.7. The summed E-state index contributed by atoms with van der Waals surface area (Å²) in [6, 6.07) is 7.84. The van der Waals surface area contributed by atoms with E-state index in [4.69, 9.17) is 4.74 Å². The molecule has 114 valence electrons. The Kier molecular flexibility index (Phi) is 5.55. The molecule has 7 heteroatoms. The van der Waals surface area contributed by atoms with Gasteiger partial charge in [-0.15, -0.1) is 0 Å². The normalized spacial score (nSPS) is 11.7. The maximum atomic E-state index is 11.0. The summed E-state index contributed by atoms with van der Waals surface area (Å²) in [5.41, 5.74) is 1.89. The maximum Gasteiger partial charge on any atom is 0.149 e. The molecule has 5 nitrogen and oxygen atoms in total. The summed E-state index contributed by atoms with van der Waals surface area (Å²) in [7, 11) is -2.95. The molecule has 21 heavy (non-hydrogen) atoms. The van der Waals surface area contributed by atoms with Crippen molar-refractivity contribution in [1.82, 2.24) is 4.98 Å². The smallest absolute Gasteiger partial charge is 0.149 e. The number of benzene rings is 1. The zero-order chi connectivity index (χ0) is 15.3. The first-order valence-electron chi connectivity index (χ1n) is 6.49. The van der Waals surface area contributed by atoms with Gasteiger partial charge >= 0.3 is 0 Å². The lowest BCUT2D eigenvalue weighted by Crippen LogP contribution is -2.15. The van der Waals surface area contributed by atoms with Crippen LogP contribution in [0, 0.1) is 0 Å². The number of anilines is 1. The predicted molar refractivity (Wildman–Crippen MR) is 88.5 cm³/mol. The molecule has 0 atom stereocenters. The van der Waals surface area contributed by atoms with E-state index in [1.54, 1.807) is 6.20 Å². The number of fused-ring (bicyclic) bond motifs is 1. The Labute approximate surface area is 132 Å². The number of pyridine rings is 1. The highest BCUT2D eigenvalue weighted by atomic mass is 79.9. The second kappa shape index (κ2) is 7.20. The summed E-state index contributed by atoms with van der Waals surface area (Å²) in [5, 5.41) is 4.31. The molecule has 1 heterocycles. The molecule has 0 unspecified atom stereocenters. The van der Waals surface area contributed by atoms with Gasteiger partial charge in [-0.3, -0.25) is 4.98 Å². The van der Waals surface area contributed by atoms with Gasteiger partial charge in [0.2, 0.25) is 0 Å². The fourth-order valence-electron chi connectivity index (χ4n) is 1.85. The van der Waals surface area contributed by atoms with Gasteiger partial charge in [-0.25, -0.2) is 8.42 Å². The highest BCUT2D eigenvalue weighted by molar-refractivity contribution is 9.10. The van der Waals surface area contributed by atoms with Gasteiger partial charge in [0.05, 0.1) is 24.5 Å². The molecule has 0 amide bonds. The Morgan fingerprint density at radius 2 is 2.10 bits per heavy atom. The molecule has 0 radical (unpaired) electrons. The minimum Gasteiger partial charge on any atom is -0.382 e. The third kappa shape index (κ3) is 5.26. The van der Waals surface area contributed by atoms with Crippen LogP contribution in [0.1, 0.15) is 0 Å². The van der Waals surface area contributed by atoms with Gasteiger partial charge in [0.1, 0.15) is 9.84 Å². The number of halogens is 1. The van der Waals surface area contributed by atoms with Crippen molar-refractivity contribution in [2.24, 2.45) is 0 Å². The molecule has 2 aromatic rings. The van der Waals surface area contributed by atoms with Crippen molar-refractivity contribution in [3.63, 3.8) is 0 Å². The van der Waals surface area contributed by atoms with Crippen molar-refractivity contribution in [3.8, 4) is 0 Å². The quantitative estimate of drug-likeness (QED) is 0.756. The average molecular weight is 373 g/mol. The number of nitrogens with zero attached hydrogens (tertiary/aromatic N) is 1. The molecule has 0 spiro atoms. The van der Waals surface area contributed by atoms with E-state index < -0.39 is 9.84 Å². The molecule has 0 aliphatic carbocycles. The number of hydrogen-bond acceptors (Lipinski definition) is 5. The molecular weight excluding hydrogens is 356 g/mol. The van der Waals surface area contributed by atoms with Crippen LogP contribution in [-0.2, 0) is 14.6 Å². The van der Waals surface area contributed by atoms with Crippen molar-refractivity contribution in [1.29, 1.82) is 0 Å². The molecule has 1 aromatic carbocycles. The average Bonchev–Trinajstić information content (AvgIpc) is 2.41. The van der Waals surface area contributed by atoms with E-state index >= 15 is 0 Å². The third-order valence-electron chi connectivity index (χ3n) is 2.87. The van der Waals surface area contributed by atoms with Crippen LogP contribution in [-0.4, -0.2) is 45.2 Å². The maximum absolute atomic E-state index is 11.0. The Hall–Kier alpha value is -1.18. The van der Waals surface area contributed by atoms with Crippen LogP contribution in [0.4, 0.5) is 5.69 Å². The molecule has 2 rings (SSSR count). The van der Waals surface area contributed by atoms with Crippen LogP contribution in [0.3, 0.4) is 0 Å². The van der Waals surface area contributed by atoms with E-state index in [-0.39, 0.29) is 12.4 Å². The molecular formula is C14H17BrN2O3S. The SMILES string of the molecule is CS(=O)(=O)CCOCCNc1ccnc2cc(Br)ccc12. The summed E-state index contributed by atoms with van der Waals surface area (Å²) in [6.07, 6.45) is 2.96. The van der Waals surface area contributed by atoms with Gasteiger partial charge in [0, 0.05) is 34.5 Å². The summed E-state index contributed by atoms with van der Waals surface area (Å²) in [6.45, 7) is 1.29. The molecule has 0 fully saturated rings. The Balaban J connectivity index is 1.86. The van der Waals surface area contributed by atoms with Crippen molar-refractivity contribution in [2.75, 3.05) is 37.1 Å². The van der Waals surface area contributed by atoms with Gasteiger partial charge in [-0.2, -0.15) is 0 Å². The van der Waals surface area contributed by atoms with E-state index in [9.17, 15) is 8.42 Å². The minimum absolute atomic E-state index is 0.0548. The van der Waals surface area contributed by atoms with Gasteiger partial charge < -0.3 is 10.1 Å². The van der Waals surface area contributed by atoms with Gasteiger partial charge in [0.25, 0.3) is 0 Å². The first kappa shape index (κ1) is 16.2.